The Labute approximate surface area is 114 Å². The molecule has 0 aromatic rings. The average molecular weight is 262 g/mol. The molecule has 0 bridgehead atoms. The third-order valence-electron chi connectivity index (χ3n) is 5.83. The van der Waals surface area contributed by atoms with Crippen LogP contribution in [0.25, 0.3) is 0 Å². The summed E-state index contributed by atoms with van der Waals surface area (Å²) >= 11 is 0. The highest BCUT2D eigenvalue weighted by Crippen LogP contribution is 2.59. The van der Waals surface area contributed by atoms with Crippen molar-refractivity contribution < 1.29 is 9.68 Å². The van der Waals surface area contributed by atoms with E-state index in [1.165, 1.54) is 24.3 Å². The molecule has 2 fully saturated rings. The van der Waals surface area contributed by atoms with Gasteiger partial charge in [0.25, 0.3) is 0 Å². The van der Waals surface area contributed by atoms with Gasteiger partial charge in [-0.05, 0) is 38.5 Å². The molecular formula is C15H22N2O2. The lowest BCUT2D eigenvalue weighted by Crippen LogP contribution is -2.34. The smallest absolute Gasteiger partial charge is 0.133 e. The molecule has 4 rings (SSSR count). The van der Waals surface area contributed by atoms with E-state index in [4.69, 9.17) is 9.68 Å². The first-order chi connectivity index (χ1) is 9.04. The summed E-state index contributed by atoms with van der Waals surface area (Å²) in [5, 5.41) is 8.93. The fourth-order valence-corrected chi connectivity index (χ4v) is 5.24. The van der Waals surface area contributed by atoms with Crippen LogP contribution in [0, 0.1) is 29.1 Å². The molecule has 0 aromatic carbocycles. The first-order valence-corrected chi connectivity index (χ1v) is 7.53. The van der Waals surface area contributed by atoms with E-state index in [0.29, 0.717) is 23.7 Å². The van der Waals surface area contributed by atoms with Crippen molar-refractivity contribution in [3.05, 3.63) is 0 Å². The summed E-state index contributed by atoms with van der Waals surface area (Å²) in [6, 6.07) is 0. The molecule has 2 heterocycles. The summed E-state index contributed by atoms with van der Waals surface area (Å²) in [7, 11) is 0. The summed E-state index contributed by atoms with van der Waals surface area (Å²) in [6.45, 7) is 8.94. The van der Waals surface area contributed by atoms with Gasteiger partial charge < -0.3 is 9.68 Å². The number of hydrogen-bond acceptors (Lipinski definition) is 4. The lowest BCUT2D eigenvalue weighted by atomic mass is 9.78. The van der Waals surface area contributed by atoms with Gasteiger partial charge in [-0.15, -0.1) is 0 Å². The zero-order valence-corrected chi connectivity index (χ0v) is 12.1. The first-order valence-electron chi connectivity index (χ1n) is 7.53. The zero-order chi connectivity index (χ0) is 13.4. The summed E-state index contributed by atoms with van der Waals surface area (Å²) < 4.78 is 0. The van der Waals surface area contributed by atoms with Crippen molar-refractivity contribution in [1.82, 2.24) is 0 Å². The van der Waals surface area contributed by atoms with E-state index in [1.807, 2.05) is 0 Å². The molecule has 104 valence electrons. The van der Waals surface area contributed by atoms with Crippen LogP contribution in [-0.2, 0) is 9.68 Å². The van der Waals surface area contributed by atoms with Gasteiger partial charge >= 0.3 is 0 Å². The second-order valence-electron chi connectivity index (χ2n) is 7.07. The van der Waals surface area contributed by atoms with E-state index < -0.39 is 0 Å². The largest absolute Gasteiger partial charge is 0.392 e. The lowest BCUT2D eigenvalue weighted by Gasteiger charge is -2.23. The highest BCUT2D eigenvalue weighted by atomic mass is 16.6. The molecule has 6 atom stereocenters. The van der Waals surface area contributed by atoms with Gasteiger partial charge in [0.05, 0.1) is 16.8 Å². The normalized spacial score (nSPS) is 54.5. The number of fused-ring (bicyclic) bond motifs is 4. The molecule has 0 radical (unpaired) electrons. The number of hydrogen-bond donors (Lipinski definition) is 0. The Balaban J connectivity index is 1.80. The Morgan fingerprint density at radius 1 is 0.842 bits per heavy atom. The summed E-state index contributed by atoms with van der Waals surface area (Å²) in [4.78, 5) is 11.2. The van der Waals surface area contributed by atoms with Crippen molar-refractivity contribution in [3.8, 4) is 0 Å². The van der Waals surface area contributed by atoms with E-state index in [9.17, 15) is 0 Å². The predicted molar refractivity (Wildman–Crippen MR) is 72.9 cm³/mol. The molecule has 0 saturated heterocycles. The SMILES string of the molecule is CC1CC2(CC(C)[C@H]3C2=NOC3C)C2=NOC(C)[C@H]21. The Morgan fingerprint density at radius 3 is 1.68 bits per heavy atom. The van der Waals surface area contributed by atoms with Gasteiger partial charge in [-0.25, -0.2) is 0 Å². The molecule has 19 heavy (non-hydrogen) atoms. The van der Waals surface area contributed by atoms with Crippen molar-refractivity contribution >= 4 is 11.4 Å². The Kier molecular flexibility index (Phi) is 2.18. The highest BCUT2D eigenvalue weighted by Gasteiger charge is 2.64. The molecule has 2 saturated carbocycles. The van der Waals surface area contributed by atoms with Gasteiger partial charge in [0.1, 0.15) is 12.2 Å². The number of nitrogens with zero attached hydrogens (tertiary/aromatic N) is 2. The van der Waals surface area contributed by atoms with Crippen LogP contribution in [0.1, 0.15) is 40.5 Å². The van der Waals surface area contributed by atoms with Gasteiger partial charge in [0, 0.05) is 11.8 Å². The second-order valence-corrected chi connectivity index (χ2v) is 7.07. The predicted octanol–water partition coefficient (Wildman–Crippen LogP) is 2.83. The van der Waals surface area contributed by atoms with Gasteiger partial charge in [-0.1, -0.05) is 24.2 Å². The first kappa shape index (κ1) is 11.7. The van der Waals surface area contributed by atoms with Crippen molar-refractivity contribution in [1.29, 1.82) is 0 Å². The molecule has 0 amide bonds. The third kappa shape index (κ3) is 1.25. The number of rotatable bonds is 0. The molecule has 2 aliphatic carbocycles. The molecule has 4 heteroatoms. The summed E-state index contributed by atoms with van der Waals surface area (Å²) in [6.07, 6.45) is 2.78. The summed E-state index contributed by atoms with van der Waals surface area (Å²) in [5.41, 5.74) is 2.57. The lowest BCUT2D eigenvalue weighted by molar-refractivity contribution is 0.0576. The van der Waals surface area contributed by atoms with Crippen molar-refractivity contribution in [3.63, 3.8) is 0 Å². The van der Waals surface area contributed by atoms with Crippen molar-refractivity contribution in [2.75, 3.05) is 0 Å². The zero-order valence-electron chi connectivity index (χ0n) is 12.1. The monoisotopic (exact) mass is 262 g/mol. The van der Waals surface area contributed by atoms with Crippen LogP contribution >= 0.6 is 0 Å². The third-order valence-corrected chi connectivity index (χ3v) is 5.83. The molecule has 1 spiro atoms. The van der Waals surface area contributed by atoms with Crippen LogP contribution in [-0.4, -0.2) is 23.6 Å². The van der Waals surface area contributed by atoms with E-state index >= 15 is 0 Å². The highest BCUT2D eigenvalue weighted by molar-refractivity contribution is 6.17. The minimum atomic E-state index is 0.0453. The average Bonchev–Trinajstić information content (AvgIpc) is 3.02. The standard InChI is InChI=1S/C15H22N2O2/c1-7-5-15(13-11(7)9(3)18-16-13)6-8(2)12-10(4)19-17-14(12)15/h7-12H,5-6H2,1-4H3/t7?,8?,9?,10?,11-,12-,15?/m1/s1. The Bertz CT molecular complexity index is 441. The fraction of sp³-hybridized carbons (Fsp3) is 0.867. The maximum atomic E-state index is 5.58. The van der Waals surface area contributed by atoms with E-state index in [2.05, 4.69) is 38.0 Å². The molecular weight excluding hydrogens is 240 g/mol. The molecule has 0 N–H and O–H groups in total. The fourth-order valence-electron chi connectivity index (χ4n) is 5.24. The second kappa shape index (κ2) is 3.53. The van der Waals surface area contributed by atoms with Crippen molar-refractivity contribution in [2.24, 2.45) is 39.4 Å². The minimum absolute atomic E-state index is 0.0453. The van der Waals surface area contributed by atoms with E-state index in [0.717, 1.165) is 0 Å². The Hall–Kier alpha value is -1.06. The quantitative estimate of drug-likeness (QED) is 0.673. The van der Waals surface area contributed by atoms with E-state index in [-0.39, 0.29) is 17.6 Å². The molecule has 4 unspecified atom stereocenters. The van der Waals surface area contributed by atoms with Gasteiger partial charge in [-0.3, -0.25) is 0 Å². The van der Waals surface area contributed by atoms with Crippen LogP contribution in [0.4, 0.5) is 0 Å². The maximum absolute atomic E-state index is 5.58. The van der Waals surface area contributed by atoms with Crippen molar-refractivity contribution in [2.45, 2.75) is 52.7 Å². The van der Waals surface area contributed by atoms with Gasteiger partial charge in [0.15, 0.2) is 0 Å². The van der Waals surface area contributed by atoms with Crippen LogP contribution in [0.15, 0.2) is 10.3 Å². The molecule has 4 nitrogen and oxygen atoms in total. The van der Waals surface area contributed by atoms with Crippen LogP contribution in [0.3, 0.4) is 0 Å². The maximum Gasteiger partial charge on any atom is 0.133 e. The van der Waals surface area contributed by atoms with Crippen LogP contribution in [0.2, 0.25) is 0 Å². The molecule has 0 aromatic heterocycles. The van der Waals surface area contributed by atoms with Crippen LogP contribution in [0.5, 0.6) is 0 Å². The van der Waals surface area contributed by atoms with Gasteiger partial charge in [0.2, 0.25) is 0 Å². The van der Waals surface area contributed by atoms with E-state index in [1.54, 1.807) is 0 Å². The Morgan fingerprint density at radius 2 is 1.26 bits per heavy atom. The topological polar surface area (TPSA) is 43.2 Å². The molecule has 4 aliphatic rings. The number of oxime groups is 2. The molecule has 2 aliphatic heterocycles. The summed E-state index contributed by atoms with van der Waals surface area (Å²) in [5.74, 6) is 2.20. The van der Waals surface area contributed by atoms with Gasteiger partial charge in [-0.2, -0.15) is 0 Å². The minimum Gasteiger partial charge on any atom is -0.392 e. The van der Waals surface area contributed by atoms with Crippen LogP contribution < -0.4 is 0 Å².